The van der Waals surface area contributed by atoms with Crippen molar-refractivity contribution in [2.45, 2.75) is 19.7 Å². The second kappa shape index (κ2) is 12.1. The summed E-state index contributed by atoms with van der Waals surface area (Å²) in [5.74, 6) is -2.77. The van der Waals surface area contributed by atoms with Crippen molar-refractivity contribution in [3.8, 4) is 5.75 Å². The number of hydrogen-bond acceptors (Lipinski definition) is 8. The molecule has 0 saturated heterocycles. The van der Waals surface area contributed by atoms with Crippen LogP contribution in [0.15, 0.2) is 70.6 Å². The maximum absolute atomic E-state index is 14.8. The van der Waals surface area contributed by atoms with Crippen molar-refractivity contribution in [3.63, 3.8) is 0 Å². The zero-order chi connectivity index (χ0) is 31.8. The van der Waals surface area contributed by atoms with Crippen LogP contribution in [-0.4, -0.2) is 38.7 Å². The summed E-state index contributed by atoms with van der Waals surface area (Å²) in [7, 11) is 3.39. The van der Waals surface area contributed by atoms with Crippen molar-refractivity contribution in [3.05, 3.63) is 121 Å². The minimum absolute atomic E-state index is 0.0913. The van der Waals surface area contributed by atoms with E-state index in [0.717, 1.165) is 20.6 Å². The SMILES string of the molecule is Cn1cnc(Cn2c(=O)nc(Nc3cc4cn(C)nc4cc3Cl)n(Cc3cc(F)c(F)c(OCc4cccc(Cl)c4)c3)c2=O)n1. The number of nitrogens with zero attached hydrogens (tertiary/aromatic N) is 8. The molecule has 0 aliphatic heterocycles. The molecule has 12 nitrogen and oxygen atoms in total. The van der Waals surface area contributed by atoms with Gasteiger partial charge < -0.3 is 10.1 Å². The molecule has 0 atom stereocenters. The first-order valence-corrected chi connectivity index (χ1v) is 14.1. The van der Waals surface area contributed by atoms with E-state index in [0.29, 0.717) is 21.8 Å². The number of aryl methyl sites for hydroxylation is 2. The molecule has 1 N–H and O–H groups in total. The zero-order valence-corrected chi connectivity index (χ0v) is 25.2. The summed E-state index contributed by atoms with van der Waals surface area (Å²) in [6, 6.07) is 12.2. The summed E-state index contributed by atoms with van der Waals surface area (Å²) in [4.78, 5) is 35.1. The lowest BCUT2D eigenvalue weighted by Gasteiger charge is -2.17. The maximum atomic E-state index is 14.8. The lowest BCUT2D eigenvalue weighted by atomic mass is 10.2. The van der Waals surface area contributed by atoms with Crippen LogP contribution in [0.3, 0.4) is 0 Å². The Morgan fingerprint density at radius 1 is 0.933 bits per heavy atom. The summed E-state index contributed by atoms with van der Waals surface area (Å²) in [5, 5.41) is 12.8. The van der Waals surface area contributed by atoms with E-state index in [1.165, 1.54) is 17.1 Å². The first-order chi connectivity index (χ1) is 21.5. The van der Waals surface area contributed by atoms with Gasteiger partial charge in [0.05, 0.1) is 29.3 Å². The van der Waals surface area contributed by atoms with Crippen molar-refractivity contribution in [1.29, 1.82) is 0 Å². The standard InChI is InChI=1S/C29H23Cl2F2N9O3/c1-39-12-18-9-23(20(31)10-22(18)37-39)35-27-36-28(43)42(13-25-34-15-40(2)38-25)29(44)41(27)11-17-7-21(32)26(33)24(8-17)45-14-16-4-3-5-19(30)6-16/h3-10,12,15H,11,13-14H2,1-2H3,(H,35,36,43). The molecule has 3 heterocycles. The third kappa shape index (κ3) is 6.42. The molecule has 0 bridgehead atoms. The number of fused-ring (bicyclic) bond motifs is 1. The molecule has 45 heavy (non-hydrogen) atoms. The van der Waals surface area contributed by atoms with Gasteiger partial charge in [-0.3, -0.25) is 13.9 Å². The molecule has 0 fully saturated rings. The molecule has 3 aromatic carbocycles. The van der Waals surface area contributed by atoms with Gasteiger partial charge in [-0.15, -0.1) is 0 Å². The van der Waals surface area contributed by atoms with Crippen molar-refractivity contribution in [1.82, 2.24) is 38.7 Å². The number of aromatic nitrogens is 8. The number of rotatable bonds is 9. The Hall–Kier alpha value is -5.08. The van der Waals surface area contributed by atoms with Crippen LogP contribution < -0.4 is 21.4 Å². The fourth-order valence-corrected chi connectivity index (χ4v) is 5.09. The van der Waals surface area contributed by atoms with Crippen LogP contribution in [0.4, 0.5) is 20.4 Å². The average molecular weight is 654 g/mol. The predicted octanol–water partition coefficient (Wildman–Crippen LogP) is 4.42. The Labute approximate surface area is 263 Å². The number of nitrogens with one attached hydrogen (secondary N) is 1. The fourth-order valence-electron chi connectivity index (χ4n) is 4.67. The van der Waals surface area contributed by atoms with Gasteiger partial charge in [0.1, 0.15) is 12.9 Å². The summed E-state index contributed by atoms with van der Waals surface area (Å²) in [6.07, 6.45) is 3.19. The molecule has 0 radical (unpaired) electrons. The van der Waals surface area contributed by atoms with Gasteiger partial charge in [0.15, 0.2) is 17.4 Å². The third-order valence-corrected chi connectivity index (χ3v) is 7.28. The molecular formula is C29H23Cl2F2N9O3. The summed E-state index contributed by atoms with van der Waals surface area (Å²) >= 11 is 12.5. The number of hydrogen-bond donors (Lipinski definition) is 1. The molecule has 0 spiro atoms. The van der Waals surface area contributed by atoms with Gasteiger partial charge in [-0.1, -0.05) is 35.3 Å². The highest BCUT2D eigenvalue weighted by Crippen LogP contribution is 2.30. The normalized spacial score (nSPS) is 11.3. The van der Waals surface area contributed by atoms with Crippen molar-refractivity contribution < 1.29 is 13.5 Å². The molecule has 0 aliphatic rings. The van der Waals surface area contributed by atoms with Crippen LogP contribution >= 0.6 is 23.2 Å². The van der Waals surface area contributed by atoms with Gasteiger partial charge in [0.2, 0.25) is 11.8 Å². The molecule has 0 amide bonds. The third-order valence-electron chi connectivity index (χ3n) is 6.73. The highest BCUT2D eigenvalue weighted by Gasteiger charge is 2.19. The van der Waals surface area contributed by atoms with E-state index in [4.69, 9.17) is 27.9 Å². The van der Waals surface area contributed by atoms with E-state index < -0.39 is 23.0 Å². The Kier molecular flexibility index (Phi) is 8.08. The second-order valence-corrected chi connectivity index (χ2v) is 11.0. The number of ether oxygens (including phenoxy) is 1. The predicted molar refractivity (Wildman–Crippen MR) is 163 cm³/mol. The van der Waals surface area contributed by atoms with E-state index >= 15 is 0 Å². The lowest BCUT2D eigenvalue weighted by Crippen LogP contribution is -2.43. The summed E-state index contributed by atoms with van der Waals surface area (Å²) < 4.78 is 40.2. The highest BCUT2D eigenvalue weighted by molar-refractivity contribution is 6.34. The Balaban J connectivity index is 1.41. The van der Waals surface area contributed by atoms with Gasteiger partial charge in [-0.25, -0.2) is 23.5 Å². The van der Waals surface area contributed by atoms with Crippen LogP contribution in [0.2, 0.25) is 10.0 Å². The van der Waals surface area contributed by atoms with Crippen LogP contribution in [0, 0.1) is 11.6 Å². The molecule has 0 saturated carbocycles. The van der Waals surface area contributed by atoms with Gasteiger partial charge in [0, 0.05) is 30.7 Å². The molecule has 0 aliphatic carbocycles. The average Bonchev–Trinajstić information content (AvgIpc) is 3.57. The number of halogens is 4. The highest BCUT2D eigenvalue weighted by atomic mass is 35.5. The zero-order valence-electron chi connectivity index (χ0n) is 23.7. The monoisotopic (exact) mass is 653 g/mol. The van der Waals surface area contributed by atoms with Crippen molar-refractivity contribution in [2.24, 2.45) is 14.1 Å². The second-order valence-electron chi connectivity index (χ2n) is 10.1. The molecule has 16 heteroatoms. The largest absolute Gasteiger partial charge is 0.486 e. The topological polar surface area (TPSA) is 127 Å². The molecule has 6 rings (SSSR count). The van der Waals surface area contributed by atoms with E-state index in [1.807, 2.05) is 0 Å². The van der Waals surface area contributed by atoms with Crippen LogP contribution in [0.5, 0.6) is 5.75 Å². The lowest BCUT2D eigenvalue weighted by molar-refractivity contribution is 0.284. The van der Waals surface area contributed by atoms with E-state index in [1.54, 1.807) is 61.4 Å². The summed E-state index contributed by atoms with van der Waals surface area (Å²) in [6.45, 7) is -0.701. The Morgan fingerprint density at radius 2 is 1.76 bits per heavy atom. The molecule has 230 valence electrons. The smallest absolute Gasteiger partial charge is 0.355 e. The van der Waals surface area contributed by atoms with Gasteiger partial charge in [-0.2, -0.15) is 19.6 Å². The maximum Gasteiger partial charge on any atom is 0.355 e. The Morgan fingerprint density at radius 3 is 2.51 bits per heavy atom. The van der Waals surface area contributed by atoms with Gasteiger partial charge in [0.25, 0.3) is 0 Å². The number of anilines is 2. The van der Waals surface area contributed by atoms with Crippen LogP contribution in [0.25, 0.3) is 10.9 Å². The molecule has 3 aromatic heterocycles. The minimum atomic E-state index is -1.20. The van der Waals surface area contributed by atoms with Crippen LogP contribution in [0.1, 0.15) is 17.0 Å². The van der Waals surface area contributed by atoms with E-state index in [9.17, 15) is 18.4 Å². The summed E-state index contributed by atoms with van der Waals surface area (Å²) in [5.41, 5.74) is 0.0467. The van der Waals surface area contributed by atoms with Crippen molar-refractivity contribution >= 4 is 45.7 Å². The van der Waals surface area contributed by atoms with E-state index in [2.05, 4.69) is 25.5 Å². The van der Waals surface area contributed by atoms with Crippen LogP contribution in [-0.2, 0) is 33.8 Å². The fraction of sp³-hybridized carbons (Fsp3) is 0.172. The van der Waals surface area contributed by atoms with Gasteiger partial charge >= 0.3 is 11.4 Å². The minimum Gasteiger partial charge on any atom is -0.486 e. The first kappa shape index (κ1) is 30.0. The first-order valence-electron chi connectivity index (χ1n) is 13.4. The van der Waals surface area contributed by atoms with E-state index in [-0.39, 0.29) is 47.8 Å². The molecular weight excluding hydrogens is 631 g/mol. The molecule has 0 unspecified atom stereocenters. The van der Waals surface area contributed by atoms with Crippen molar-refractivity contribution in [2.75, 3.05) is 5.32 Å². The quantitative estimate of drug-likeness (QED) is 0.243. The van der Waals surface area contributed by atoms with Gasteiger partial charge in [-0.05, 0) is 47.5 Å². The molecule has 6 aromatic rings. The Bertz CT molecular complexity index is 2190. The number of benzene rings is 3.